The number of anilines is 1. The molecule has 1 saturated heterocycles. The summed E-state index contributed by atoms with van der Waals surface area (Å²) in [4.78, 5) is 24.5. The van der Waals surface area contributed by atoms with Crippen molar-refractivity contribution in [2.75, 3.05) is 11.4 Å². The first-order valence-corrected chi connectivity index (χ1v) is 8.06. The van der Waals surface area contributed by atoms with Crippen LogP contribution in [0.15, 0.2) is 18.2 Å². The number of carbonyl (C=O) groups excluding carboxylic acids is 2. The maximum absolute atomic E-state index is 13.0. The Kier molecular flexibility index (Phi) is 5.59. The highest BCUT2D eigenvalue weighted by Gasteiger charge is 2.40. The summed E-state index contributed by atoms with van der Waals surface area (Å²) >= 11 is 0. The summed E-state index contributed by atoms with van der Waals surface area (Å²) < 4.78 is 87.7. The van der Waals surface area contributed by atoms with Gasteiger partial charge in [0.2, 0.25) is 5.91 Å². The second-order valence-electron chi connectivity index (χ2n) is 7.18. The Morgan fingerprint density at radius 3 is 1.93 bits per heavy atom. The predicted octanol–water partition coefficient (Wildman–Crippen LogP) is 4.78. The van der Waals surface area contributed by atoms with Gasteiger partial charge in [-0.15, -0.1) is 0 Å². The van der Waals surface area contributed by atoms with E-state index in [-0.39, 0.29) is 6.07 Å². The van der Waals surface area contributed by atoms with Crippen LogP contribution >= 0.6 is 0 Å². The zero-order chi connectivity index (χ0) is 21.5. The molecule has 156 valence electrons. The van der Waals surface area contributed by atoms with Gasteiger partial charge >= 0.3 is 18.5 Å². The van der Waals surface area contributed by atoms with E-state index < -0.39 is 65.9 Å². The molecular formula is C17H17F6NO4. The lowest BCUT2D eigenvalue weighted by molar-refractivity contribution is -0.143. The SMILES string of the molecule is CC(C)(C)OC(=O)OC1CC(=O)N(c2cc(C(F)(F)F)cc(C(F)(F)F)c2)C1. The van der Waals surface area contributed by atoms with Crippen LogP contribution in [0.4, 0.5) is 36.8 Å². The molecular weight excluding hydrogens is 396 g/mol. The van der Waals surface area contributed by atoms with E-state index in [1.807, 2.05) is 0 Å². The predicted molar refractivity (Wildman–Crippen MR) is 84.5 cm³/mol. The number of hydrogen-bond donors (Lipinski definition) is 0. The van der Waals surface area contributed by atoms with Crippen molar-refractivity contribution < 1.29 is 45.4 Å². The Morgan fingerprint density at radius 1 is 1.00 bits per heavy atom. The number of nitrogens with zero attached hydrogens (tertiary/aromatic N) is 1. The van der Waals surface area contributed by atoms with Gasteiger partial charge in [0.05, 0.1) is 24.1 Å². The van der Waals surface area contributed by atoms with Crippen molar-refractivity contribution in [1.29, 1.82) is 0 Å². The molecule has 1 unspecified atom stereocenters. The topological polar surface area (TPSA) is 55.8 Å². The molecule has 28 heavy (non-hydrogen) atoms. The van der Waals surface area contributed by atoms with Crippen molar-refractivity contribution >= 4 is 17.7 Å². The van der Waals surface area contributed by atoms with E-state index >= 15 is 0 Å². The third-order valence-corrected chi connectivity index (χ3v) is 3.63. The summed E-state index contributed by atoms with van der Waals surface area (Å²) in [5, 5.41) is 0. The minimum atomic E-state index is -5.04. The standard InChI is InChI=1S/C17H17F6NO4/c1-15(2,3)28-14(26)27-12-7-13(25)24(8-12)11-5-9(16(18,19)20)4-10(6-11)17(21,22)23/h4-6,12H,7-8H2,1-3H3. The van der Waals surface area contributed by atoms with Gasteiger partial charge in [-0.3, -0.25) is 4.79 Å². The Balaban J connectivity index is 2.27. The van der Waals surface area contributed by atoms with Crippen molar-refractivity contribution in [3.8, 4) is 0 Å². The second kappa shape index (κ2) is 7.17. The van der Waals surface area contributed by atoms with Gasteiger partial charge in [-0.1, -0.05) is 0 Å². The highest BCUT2D eigenvalue weighted by molar-refractivity contribution is 5.96. The third kappa shape index (κ3) is 5.52. The fraction of sp³-hybridized carbons (Fsp3) is 0.529. The van der Waals surface area contributed by atoms with Gasteiger partial charge in [-0.25, -0.2) is 4.79 Å². The molecule has 1 heterocycles. The molecule has 1 aliphatic heterocycles. The lowest BCUT2D eigenvalue weighted by atomic mass is 10.1. The number of halogens is 6. The quantitative estimate of drug-likeness (QED) is 0.517. The van der Waals surface area contributed by atoms with E-state index in [2.05, 4.69) is 0 Å². The van der Waals surface area contributed by atoms with Crippen LogP contribution < -0.4 is 4.90 Å². The Labute approximate surface area is 156 Å². The number of alkyl halides is 6. The van der Waals surface area contributed by atoms with E-state index in [4.69, 9.17) is 9.47 Å². The first-order chi connectivity index (χ1) is 12.6. The number of ether oxygens (including phenoxy) is 2. The van der Waals surface area contributed by atoms with Gasteiger partial charge in [0, 0.05) is 5.69 Å². The van der Waals surface area contributed by atoms with Crippen LogP contribution in [0.25, 0.3) is 0 Å². The molecule has 0 bridgehead atoms. The van der Waals surface area contributed by atoms with Gasteiger partial charge in [0.15, 0.2) is 0 Å². The summed E-state index contributed by atoms with van der Waals surface area (Å²) in [7, 11) is 0. The smallest absolute Gasteiger partial charge is 0.429 e. The normalized spacial score (nSPS) is 18.4. The minimum absolute atomic E-state index is 0.0290. The van der Waals surface area contributed by atoms with Crippen molar-refractivity contribution in [2.45, 2.75) is 51.2 Å². The van der Waals surface area contributed by atoms with Gasteiger partial charge in [0.1, 0.15) is 11.7 Å². The van der Waals surface area contributed by atoms with Crippen LogP contribution in [0, 0.1) is 0 Å². The number of hydrogen-bond acceptors (Lipinski definition) is 4. The maximum Gasteiger partial charge on any atom is 0.509 e. The molecule has 11 heteroatoms. The first kappa shape index (κ1) is 21.8. The zero-order valence-electron chi connectivity index (χ0n) is 15.1. The molecule has 0 N–H and O–H groups in total. The highest BCUT2D eigenvalue weighted by atomic mass is 19.4. The zero-order valence-corrected chi connectivity index (χ0v) is 15.1. The molecule has 1 aliphatic rings. The van der Waals surface area contributed by atoms with Crippen molar-refractivity contribution in [3.63, 3.8) is 0 Å². The van der Waals surface area contributed by atoms with E-state index in [1.54, 1.807) is 20.8 Å². The number of carbonyl (C=O) groups is 2. The molecule has 1 amide bonds. The molecule has 0 aromatic heterocycles. The summed E-state index contributed by atoms with van der Waals surface area (Å²) in [5.41, 5.74) is -4.53. The van der Waals surface area contributed by atoms with Gasteiger partial charge in [0.25, 0.3) is 0 Å². The highest BCUT2D eigenvalue weighted by Crippen LogP contribution is 2.39. The monoisotopic (exact) mass is 413 g/mol. The van der Waals surface area contributed by atoms with E-state index in [0.717, 1.165) is 4.90 Å². The molecule has 5 nitrogen and oxygen atoms in total. The summed E-state index contributed by atoms with van der Waals surface area (Å²) in [6.45, 7) is 4.32. The lowest BCUT2D eigenvalue weighted by Crippen LogP contribution is -2.30. The molecule has 1 fully saturated rings. The molecule has 0 saturated carbocycles. The Morgan fingerprint density at radius 2 is 1.50 bits per heavy atom. The summed E-state index contributed by atoms with van der Waals surface area (Å²) in [5.74, 6) is -0.777. The van der Waals surface area contributed by atoms with Gasteiger partial charge in [-0.05, 0) is 39.0 Å². The largest absolute Gasteiger partial charge is 0.509 e. The molecule has 0 spiro atoms. The van der Waals surface area contributed by atoms with Crippen LogP contribution in [0.5, 0.6) is 0 Å². The van der Waals surface area contributed by atoms with E-state index in [9.17, 15) is 35.9 Å². The van der Waals surface area contributed by atoms with Crippen molar-refractivity contribution in [2.24, 2.45) is 0 Å². The molecule has 0 radical (unpaired) electrons. The third-order valence-electron chi connectivity index (χ3n) is 3.63. The average molecular weight is 413 g/mol. The number of amides is 1. The van der Waals surface area contributed by atoms with Crippen LogP contribution in [-0.4, -0.2) is 30.3 Å². The summed E-state index contributed by atoms with van der Waals surface area (Å²) in [6.07, 6.45) is -12.6. The minimum Gasteiger partial charge on any atom is -0.429 e. The van der Waals surface area contributed by atoms with Crippen molar-refractivity contribution in [3.05, 3.63) is 29.3 Å². The van der Waals surface area contributed by atoms with Crippen molar-refractivity contribution in [1.82, 2.24) is 0 Å². The number of benzene rings is 1. The number of rotatable bonds is 2. The van der Waals surface area contributed by atoms with Crippen LogP contribution in [-0.2, 0) is 26.6 Å². The fourth-order valence-corrected chi connectivity index (χ4v) is 2.51. The Bertz CT molecular complexity index is 734. The second-order valence-corrected chi connectivity index (χ2v) is 7.18. The molecule has 2 rings (SSSR count). The first-order valence-electron chi connectivity index (χ1n) is 8.06. The van der Waals surface area contributed by atoms with Crippen LogP contribution in [0.1, 0.15) is 38.3 Å². The van der Waals surface area contributed by atoms with E-state index in [1.165, 1.54) is 0 Å². The molecule has 0 aliphatic carbocycles. The van der Waals surface area contributed by atoms with Gasteiger partial charge < -0.3 is 14.4 Å². The van der Waals surface area contributed by atoms with Crippen LogP contribution in [0.3, 0.4) is 0 Å². The fourth-order valence-electron chi connectivity index (χ4n) is 2.51. The summed E-state index contributed by atoms with van der Waals surface area (Å²) in [6, 6.07) is 0.866. The molecule has 1 aromatic carbocycles. The van der Waals surface area contributed by atoms with E-state index in [0.29, 0.717) is 12.1 Å². The molecule has 1 aromatic rings. The maximum atomic E-state index is 13.0. The Hall–Kier alpha value is -2.46. The van der Waals surface area contributed by atoms with Gasteiger partial charge in [-0.2, -0.15) is 26.3 Å². The molecule has 1 atom stereocenters. The van der Waals surface area contributed by atoms with Crippen LogP contribution in [0.2, 0.25) is 0 Å². The lowest BCUT2D eigenvalue weighted by Gasteiger charge is -2.22. The average Bonchev–Trinajstić information content (AvgIpc) is 2.83.